The van der Waals surface area contributed by atoms with Gasteiger partial charge in [0.25, 0.3) is 0 Å². The lowest BCUT2D eigenvalue weighted by Crippen LogP contribution is -2.09. The van der Waals surface area contributed by atoms with Crippen LogP contribution >= 0.6 is 31.9 Å². The van der Waals surface area contributed by atoms with E-state index in [0.717, 1.165) is 8.95 Å². The second-order valence-electron chi connectivity index (χ2n) is 4.12. The minimum atomic E-state index is -0.439. The fourth-order valence-electron chi connectivity index (χ4n) is 1.72. The van der Waals surface area contributed by atoms with Gasteiger partial charge in [0.15, 0.2) is 0 Å². The third kappa shape index (κ3) is 3.35. The van der Waals surface area contributed by atoms with E-state index in [-0.39, 0.29) is 5.82 Å². The second-order valence-corrected chi connectivity index (χ2v) is 5.89. The molecule has 2 aromatic carbocycles. The van der Waals surface area contributed by atoms with Gasteiger partial charge >= 0.3 is 0 Å². The van der Waals surface area contributed by atoms with E-state index in [1.807, 2.05) is 12.1 Å². The Morgan fingerprint density at radius 2 is 1.89 bits per heavy atom. The SMILES string of the molecule is CC(N)c1c(F)cccc1Oc1ccc(Br)cc1Br. The maximum atomic E-state index is 13.8. The van der Waals surface area contributed by atoms with Crippen LogP contribution in [0.15, 0.2) is 45.3 Å². The van der Waals surface area contributed by atoms with Gasteiger partial charge in [-0.1, -0.05) is 22.0 Å². The summed E-state index contributed by atoms with van der Waals surface area (Å²) >= 11 is 6.77. The molecule has 0 radical (unpaired) electrons. The van der Waals surface area contributed by atoms with Crippen molar-refractivity contribution in [2.24, 2.45) is 5.73 Å². The minimum Gasteiger partial charge on any atom is -0.456 e. The Morgan fingerprint density at radius 3 is 2.53 bits per heavy atom. The molecule has 0 aliphatic heterocycles. The summed E-state index contributed by atoms with van der Waals surface area (Å²) in [5.41, 5.74) is 6.16. The van der Waals surface area contributed by atoms with Gasteiger partial charge in [0.05, 0.1) is 4.47 Å². The zero-order chi connectivity index (χ0) is 14.0. The highest BCUT2D eigenvalue weighted by Crippen LogP contribution is 2.35. The van der Waals surface area contributed by atoms with E-state index < -0.39 is 6.04 Å². The Bertz CT molecular complexity index is 602. The average molecular weight is 389 g/mol. The molecule has 0 aliphatic rings. The Balaban J connectivity index is 2.41. The van der Waals surface area contributed by atoms with Gasteiger partial charge in [-0.15, -0.1) is 0 Å². The van der Waals surface area contributed by atoms with Crippen LogP contribution in [0.1, 0.15) is 18.5 Å². The first-order chi connectivity index (χ1) is 8.99. The summed E-state index contributed by atoms with van der Waals surface area (Å²) in [7, 11) is 0. The quantitative estimate of drug-likeness (QED) is 0.787. The van der Waals surface area contributed by atoms with Crippen molar-refractivity contribution >= 4 is 31.9 Å². The largest absolute Gasteiger partial charge is 0.456 e. The standard InChI is InChI=1S/C14H12Br2FNO/c1-8(18)14-11(17)3-2-4-13(14)19-12-6-5-9(15)7-10(12)16/h2-8H,18H2,1H3. The van der Waals surface area contributed by atoms with Crippen molar-refractivity contribution < 1.29 is 9.13 Å². The van der Waals surface area contributed by atoms with Gasteiger partial charge in [0.2, 0.25) is 0 Å². The Labute approximate surface area is 128 Å². The Kier molecular flexibility index (Phi) is 4.60. The van der Waals surface area contributed by atoms with E-state index in [9.17, 15) is 4.39 Å². The Morgan fingerprint density at radius 1 is 1.16 bits per heavy atom. The summed E-state index contributed by atoms with van der Waals surface area (Å²) in [5, 5.41) is 0. The number of halogens is 3. The van der Waals surface area contributed by atoms with Crippen LogP contribution < -0.4 is 10.5 Å². The molecule has 19 heavy (non-hydrogen) atoms. The molecule has 2 N–H and O–H groups in total. The van der Waals surface area contributed by atoms with E-state index in [2.05, 4.69) is 31.9 Å². The molecule has 0 fully saturated rings. The summed E-state index contributed by atoms with van der Waals surface area (Å²) in [6.07, 6.45) is 0. The average Bonchev–Trinajstić information content (AvgIpc) is 2.32. The van der Waals surface area contributed by atoms with Crippen molar-refractivity contribution in [2.75, 3.05) is 0 Å². The topological polar surface area (TPSA) is 35.2 Å². The number of ether oxygens (including phenoxy) is 1. The molecule has 0 aromatic heterocycles. The third-order valence-corrected chi connectivity index (χ3v) is 3.70. The molecule has 5 heteroatoms. The third-order valence-electron chi connectivity index (χ3n) is 2.58. The van der Waals surface area contributed by atoms with Gasteiger partial charge in [-0.2, -0.15) is 0 Å². The molecule has 1 atom stereocenters. The van der Waals surface area contributed by atoms with Crippen LogP contribution in [0.25, 0.3) is 0 Å². The van der Waals surface area contributed by atoms with Crippen molar-refractivity contribution in [3.63, 3.8) is 0 Å². The summed E-state index contributed by atoms with van der Waals surface area (Å²) in [6, 6.07) is 9.75. The van der Waals surface area contributed by atoms with Gasteiger partial charge in [-0.05, 0) is 53.2 Å². The Hall–Kier alpha value is -0.910. The summed E-state index contributed by atoms with van der Waals surface area (Å²) < 4.78 is 21.2. The van der Waals surface area contributed by atoms with Gasteiger partial charge in [-0.3, -0.25) is 0 Å². The van der Waals surface area contributed by atoms with E-state index in [1.165, 1.54) is 6.07 Å². The highest BCUT2D eigenvalue weighted by Gasteiger charge is 2.15. The molecule has 0 spiro atoms. The smallest absolute Gasteiger partial charge is 0.141 e. The van der Waals surface area contributed by atoms with Crippen LogP contribution in [-0.2, 0) is 0 Å². The molecule has 0 amide bonds. The molecule has 100 valence electrons. The first-order valence-corrected chi connectivity index (χ1v) is 7.24. The number of rotatable bonds is 3. The molecule has 0 heterocycles. The van der Waals surface area contributed by atoms with Crippen molar-refractivity contribution in [1.29, 1.82) is 0 Å². The van der Waals surface area contributed by atoms with Crippen LogP contribution in [0.3, 0.4) is 0 Å². The second kappa shape index (κ2) is 6.03. The summed E-state index contributed by atoms with van der Waals surface area (Å²) in [5.74, 6) is 0.675. The highest BCUT2D eigenvalue weighted by molar-refractivity contribution is 9.11. The number of nitrogens with two attached hydrogens (primary N) is 1. The molecule has 0 saturated carbocycles. The zero-order valence-corrected chi connectivity index (χ0v) is 13.3. The predicted molar refractivity (Wildman–Crippen MR) is 80.9 cm³/mol. The van der Waals surface area contributed by atoms with Crippen molar-refractivity contribution in [1.82, 2.24) is 0 Å². The van der Waals surface area contributed by atoms with Gasteiger partial charge in [-0.25, -0.2) is 4.39 Å². The monoisotopic (exact) mass is 387 g/mol. The lowest BCUT2D eigenvalue weighted by Gasteiger charge is -2.15. The maximum Gasteiger partial charge on any atom is 0.141 e. The first kappa shape index (κ1) is 14.5. The summed E-state index contributed by atoms with van der Waals surface area (Å²) in [4.78, 5) is 0. The van der Waals surface area contributed by atoms with Crippen LogP contribution in [0, 0.1) is 5.82 Å². The maximum absolute atomic E-state index is 13.8. The van der Waals surface area contributed by atoms with E-state index in [0.29, 0.717) is 17.1 Å². The van der Waals surface area contributed by atoms with Gasteiger partial charge < -0.3 is 10.5 Å². The molecule has 2 nitrogen and oxygen atoms in total. The van der Waals surface area contributed by atoms with Crippen LogP contribution in [0.5, 0.6) is 11.5 Å². The molecular weight excluding hydrogens is 377 g/mol. The molecule has 2 aromatic rings. The summed E-state index contributed by atoms with van der Waals surface area (Å²) in [6.45, 7) is 1.72. The van der Waals surface area contributed by atoms with Crippen molar-refractivity contribution in [2.45, 2.75) is 13.0 Å². The van der Waals surface area contributed by atoms with Crippen molar-refractivity contribution in [3.8, 4) is 11.5 Å². The van der Waals surface area contributed by atoms with E-state index in [4.69, 9.17) is 10.5 Å². The molecule has 0 bridgehead atoms. The lowest BCUT2D eigenvalue weighted by molar-refractivity contribution is 0.458. The minimum absolute atomic E-state index is 0.360. The fraction of sp³-hybridized carbons (Fsp3) is 0.143. The predicted octanol–water partition coefficient (Wildman–Crippen LogP) is 5.16. The van der Waals surface area contributed by atoms with Gasteiger partial charge in [0.1, 0.15) is 17.3 Å². The molecule has 0 aliphatic carbocycles. The number of hydrogen-bond donors (Lipinski definition) is 1. The number of benzene rings is 2. The fourth-order valence-corrected chi connectivity index (χ4v) is 2.85. The van der Waals surface area contributed by atoms with Crippen LogP contribution in [0.4, 0.5) is 4.39 Å². The van der Waals surface area contributed by atoms with E-state index in [1.54, 1.807) is 25.1 Å². The first-order valence-electron chi connectivity index (χ1n) is 5.66. The van der Waals surface area contributed by atoms with E-state index >= 15 is 0 Å². The van der Waals surface area contributed by atoms with Crippen LogP contribution in [-0.4, -0.2) is 0 Å². The molecule has 2 rings (SSSR count). The van der Waals surface area contributed by atoms with Gasteiger partial charge in [0, 0.05) is 16.1 Å². The molecular formula is C14H12Br2FNO. The number of hydrogen-bond acceptors (Lipinski definition) is 2. The lowest BCUT2D eigenvalue weighted by atomic mass is 10.1. The molecule has 0 saturated heterocycles. The molecule has 1 unspecified atom stereocenters. The normalized spacial score (nSPS) is 12.3. The van der Waals surface area contributed by atoms with Crippen LogP contribution in [0.2, 0.25) is 0 Å². The van der Waals surface area contributed by atoms with Crippen molar-refractivity contribution in [3.05, 3.63) is 56.7 Å². The zero-order valence-electron chi connectivity index (χ0n) is 10.2. The highest BCUT2D eigenvalue weighted by atomic mass is 79.9.